The Balaban J connectivity index is 2.00. The second-order valence-electron chi connectivity index (χ2n) is 4.49. The highest BCUT2D eigenvalue weighted by Gasteiger charge is 2.38. The first-order valence-electron chi connectivity index (χ1n) is 5.82. The number of benzene rings is 1. The summed E-state index contributed by atoms with van der Waals surface area (Å²) in [6.07, 6.45) is 3.92. The quantitative estimate of drug-likeness (QED) is 0.806. The largest absolute Gasteiger partial charge is 0.368 e. The number of carbonyl (C=O) groups excluding carboxylic acids is 1. The lowest BCUT2D eigenvalue weighted by Crippen LogP contribution is -2.53. The smallest absolute Gasteiger partial charge is 0.237 e. The van der Waals surface area contributed by atoms with Crippen LogP contribution in [0.3, 0.4) is 0 Å². The first kappa shape index (κ1) is 11.1. The van der Waals surface area contributed by atoms with Gasteiger partial charge in [0.2, 0.25) is 5.91 Å². The standard InChI is InChI=1S/C13H18N2O/c14-12(16)13(8-4-5-9-13)15-10-11-6-2-1-3-7-11/h1-3,6-7,15H,4-5,8-10H2,(H2,14,16). The van der Waals surface area contributed by atoms with Crippen molar-refractivity contribution in [2.24, 2.45) is 5.73 Å². The van der Waals surface area contributed by atoms with Crippen LogP contribution in [-0.2, 0) is 11.3 Å². The molecule has 0 aliphatic heterocycles. The minimum atomic E-state index is -0.462. The Morgan fingerprint density at radius 2 is 1.88 bits per heavy atom. The molecule has 3 nitrogen and oxygen atoms in total. The van der Waals surface area contributed by atoms with Crippen LogP contribution in [0.4, 0.5) is 0 Å². The van der Waals surface area contributed by atoms with Gasteiger partial charge >= 0.3 is 0 Å². The topological polar surface area (TPSA) is 55.1 Å². The SMILES string of the molecule is NC(=O)C1(NCc2ccccc2)CCCC1. The van der Waals surface area contributed by atoms with Crippen LogP contribution in [-0.4, -0.2) is 11.4 Å². The molecule has 0 saturated heterocycles. The zero-order valence-electron chi connectivity index (χ0n) is 9.41. The summed E-state index contributed by atoms with van der Waals surface area (Å²) in [4.78, 5) is 11.5. The van der Waals surface area contributed by atoms with Gasteiger partial charge in [-0.3, -0.25) is 10.1 Å². The summed E-state index contributed by atoms with van der Waals surface area (Å²) in [5, 5.41) is 3.34. The molecule has 0 atom stereocenters. The fourth-order valence-electron chi connectivity index (χ4n) is 2.36. The van der Waals surface area contributed by atoms with Crippen molar-refractivity contribution in [2.45, 2.75) is 37.8 Å². The number of rotatable bonds is 4. The molecule has 1 aliphatic rings. The van der Waals surface area contributed by atoms with Gasteiger partial charge in [0.15, 0.2) is 0 Å². The number of hydrogen-bond acceptors (Lipinski definition) is 2. The van der Waals surface area contributed by atoms with Crippen molar-refractivity contribution >= 4 is 5.91 Å². The van der Waals surface area contributed by atoms with E-state index in [9.17, 15) is 4.79 Å². The van der Waals surface area contributed by atoms with Gasteiger partial charge in [0, 0.05) is 6.54 Å². The van der Waals surface area contributed by atoms with E-state index in [1.807, 2.05) is 18.2 Å². The van der Waals surface area contributed by atoms with Crippen molar-refractivity contribution in [1.82, 2.24) is 5.32 Å². The van der Waals surface area contributed by atoms with E-state index in [0.29, 0.717) is 6.54 Å². The third-order valence-electron chi connectivity index (χ3n) is 3.40. The summed E-state index contributed by atoms with van der Waals surface area (Å²) in [6.45, 7) is 0.712. The Labute approximate surface area is 96.0 Å². The van der Waals surface area contributed by atoms with E-state index in [-0.39, 0.29) is 5.91 Å². The third kappa shape index (κ3) is 2.25. The van der Waals surface area contributed by atoms with E-state index in [4.69, 9.17) is 5.73 Å². The van der Waals surface area contributed by atoms with Crippen LogP contribution >= 0.6 is 0 Å². The van der Waals surface area contributed by atoms with E-state index in [2.05, 4.69) is 17.4 Å². The normalized spacial score (nSPS) is 18.5. The third-order valence-corrected chi connectivity index (χ3v) is 3.40. The Morgan fingerprint density at radius 1 is 1.25 bits per heavy atom. The summed E-state index contributed by atoms with van der Waals surface area (Å²) < 4.78 is 0. The molecule has 1 aromatic carbocycles. The molecule has 1 saturated carbocycles. The van der Waals surface area contributed by atoms with Gasteiger partial charge in [-0.2, -0.15) is 0 Å². The number of primary amides is 1. The predicted octanol–water partition coefficient (Wildman–Crippen LogP) is 1.57. The Bertz CT molecular complexity index is 355. The summed E-state index contributed by atoms with van der Waals surface area (Å²) in [5.74, 6) is -0.207. The van der Waals surface area contributed by atoms with Gasteiger partial charge in [-0.05, 0) is 18.4 Å². The molecule has 2 rings (SSSR count). The van der Waals surface area contributed by atoms with Gasteiger partial charge in [0.1, 0.15) is 0 Å². The molecule has 0 spiro atoms. The highest BCUT2D eigenvalue weighted by atomic mass is 16.1. The van der Waals surface area contributed by atoms with Crippen LogP contribution in [0.2, 0.25) is 0 Å². The minimum absolute atomic E-state index is 0.207. The molecule has 0 heterocycles. The maximum atomic E-state index is 11.5. The molecule has 1 fully saturated rings. The van der Waals surface area contributed by atoms with E-state index in [1.165, 1.54) is 5.56 Å². The summed E-state index contributed by atoms with van der Waals surface area (Å²) in [7, 11) is 0. The lowest BCUT2D eigenvalue weighted by Gasteiger charge is -2.26. The summed E-state index contributed by atoms with van der Waals surface area (Å²) in [5.41, 5.74) is 6.22. The molecular formula is C13H18N2O. The van der Waals surface area contributed by atoms with Crippen LogP contribution in [0.1, 0.15) is 31.2 Å². The van der Waals surface area contributed by atoms with Crippen molar-refractivity contribution in [3.05, 3.63) is 35.9 Å². The lowest BCUT2D eigenvalue weighted by molar-refractivity contribution is -0.124. The summed E-state index contributed by atoms with van der Waals surface area (Å²) >= 11 is 0. The highest BCUT2D eigenvalue weighted by molar-refractivity contribution is 5.85. The van der Waals surface area contributed by atoms with Crippen molar-refractivity contribution in [3.8, 4) is 0 Å². The van der Waals surface area contributed by atoms with E-state index >= 15 is 0 Å². The Morgan fingerprint density at radius 3 is 2.44 bits per heavy atom. The highest BCUT2D eigenvalue weighted by Crippen LogP contribution is 2.29. The summed E-state index contributed by atoms with van der Waals surface area (Å²) in [6, 6.07) is 10.1. The van der Waals surface area contributed by atoms with E-state index in [0.717, 1.165) is 25.7 Å². The van der Waals surface area contributed by atoms with Crippen LogP contribution in [0, 0.1) is 0 Å². The molecule has 3 heteroatoms. The number of carbonyl (C=O) groups is 1. The number of nitrogens with two attached hydrogens (primary N) is 1. The zero-order valence-corrected chi connectivity index (χ0v) is 9.41. The number of nitrogens with one attached hydrogen (secondary N) is 1. The van der Waals surface area contributed by atoms with Gasteiger partial charge < -0.3 is 5.73 Å². The van der Waals surface area contributed by atoms with Gasteiger partial charge in [-0.1, -0.05) is 43.2 Å². The molecule has 86 valence electrons. The average Bonchev–Trinajstić information content (AvgIpc) is 2.78. The van der Waals surface area contributed by atoms with Gasteiger partial charge in [0.25, 0.3) is 0 Å². The fraction of sp³-hybridized carbons (Fsp3) is 0.462. The number of amides is 1. The monoisotopic (exact) mass is 218 g/mol. The maximum absolute atomic E-state index is 11.5. The van der Waals surface area contributed by atoms with Gasteiger partial charge in [0.05, 0.1) is 5.54 Å². The fourth-order valence-corrected chi connectivity index (χ4v) is 2.36. The Kier molecular flexibility index (Phi) is 3.25. The molecule has 1 amide bonds. The second kappa shape index (κ2) is 4.66. The van der Waals surface area contributed by atoms with Crippen LogP contribution in [0.25, 0.3) is 0 Å². The van der Waals surface area contributed by atoms with Crippen molar-refractivity contribution in [1.29, 1.82) is 0 Å². The Hall–Kier alpha value is -1.35. The van der Waals surface area contributed by atoms with Crippen molar-refractivity contribution in [3.63, 3.8) is 0 Å². The van der Waals surface area contributed by atoms with E-state index in [1.54, 1.807) is 0 Å². The molecule has 0 unspecified atom stereocenters. The minimum Gasteiger partial charge on any atom is -0.368 e. The van der Waals surface area contributed by atoms with Crippen LogP contribution in [0.15, 0.2) is 30.3 Å². The van der Waals surface area contributed by atoms with E-state index < -0.39 is 5.54 Å². The lowest BCUT2D eigenvalue weighted by atomic mass is 9.96. The molecule has 0 radical (unpaired) electrons. The molecule has 16 heavy (non-hydrogen) atoms. The molecule has 1 aromatic rings. The average molecular weight is 218 g/mol. The molecule has 0 aromatic heterocycles. The molecule has 0 bridgehead atoms. The molecule has 1 aliphatic carbocycles. The maximum Gasteiger partial charge on any atom is 0.237 e. The molecule has 3 N–H and O–H groups in total. The van der Waals surface area contributed by atoms with Gasteiger partial charge in [-0.25, -0.2) is 0 Å². The van der Waals surface area contributed by atoms with Crippen molar-refractivity contribution in [2.75, 3.05) is 0 Å². The predicted molar refractivity (Wildman–Crippen MR) is 63.7 cm³/mol. The van der Waals surface area contributed by atoms with Crippen LogP contribution < -0.4 is 11.1 Å². The van der Waals surface area contributed by atoms with Crippen LogP contribution in [0.5, 0.6) is 0 Å². The zero-order chi connectivity index (χ0) is 11.4. The second-order valence-corrected chi connectivity index (χ2v) is 4.49. The first-order chi connectivity index (χ1) is 7.73. The molecular weight excluding hydrogens is 200 g/mol. The number of hydrogen-bond donors (Lipinski definition) is 2. The van der Waals surface area contributed by atoms with Crippen molar-refractivity contribution < 1.29 is 4.79 Å². The van der Waals surface area contributed by atoms with Gasteiger partial charge in [-0.15, -0.1) is 0 Å². The first-order valence-corrected chi connectivity index (χ1v) is 5.82.